The molecule has 0 radical (unpaired) electrons. The lowest BCUT2D eigenvalue weighted by Gasteiger charge is -2.35. The van der Waals surface area contributed by atoms with Gasteiger partial charge in [-0.05, 0) is 118 Å². The highest BCUT2D eigenvalue weighted by molar-refractivity contribution is 5.73. The molecule has 1 heterocycles. The van der Waals surface area contributed by atoms with Crippen molar-refractivity contribution in [3.05, 3.63) is 88.0 Å². The summed E-state index contributed by atoms with van der Waals surface area (Å²) in [4.78, 5) is 2.54. The van der Waals surface area contributed by atoms with E-state index < -0.39 is 0 Å². The molecule has 1 aliphatic rings. The lowest BCUT2D eigenvalue weighted by Crippen LogP contribution is -2.41. The van der Waals surface area contributed by atoms with E-state index >= 15 is 0 Å². The van der Waals surface area contributed by atoms with E-state index in [9.17, 15) is 0 Å². The first-order valence-corrected chi connectivity index (χ1v) is 12.9. The quantitative estimate of drug-likeness (QED) is 0.407. The van der Waals surface area contributed by atoms with Crippen molar-refractivity contribution in [3.8, 4) is 11.1 Å². The fraction of sp³-hybridized carbons (Fsp3) is 0.438. The molecule has 1 fully saturated rings. The highest BCUT2D eigenvalue weighted by Gasteiger charge is 2.21. The van der Waals surface area contributed by atoms with Gasteiger partial charge in [0.05, 0.1) is 0 Å². The van der Waals surface area contributed by atoms with E-state index in [0.29, 0.717) is 6.04 Å². The van der Waals surface area contributed by atoms with Crippen LogP contribution in [-0.2, 0) is 12.8 Å². The van der Waals surface area contributed by atoms with Crippen LogP contribution in [-0.4, -0.2) is 26.2 Å². The number of benzene rings is 2. The summed E-state index contributed by atoms with van der Waals surface area (Å²) in [5.74, 6) is 0. The number of nitrogens with one attached hydrogen (secondary N) is 1. The van der Waals surface area contributed by atoms with Gasteiger partial charge in [-0.25, -0.2) is 0 Å². The first kappa shape index (κ1) is 26.0. The van der Waals surface area contributed by atoms with Crippen LogP contribution >= 0.6 is 0 Å². The Morgan fingerprint density at radius 2 is 1.68 bits per heavy atom. The summed E-state index contributed by atoms with van der Waals surface area (Å²) in [6.07, 6.45) is 6.65. The van der Waals surface area contributed by atoms with Crippen molar-refractivity contribution in [3.63, 3.8) is 0 Å². The van der Waals surface area contributed by atoms with E-state index in [2.05, 4.69) is 108 Å². The van der Waals surface area contributed by atoms with Gasteiger partial charge in [-0.2, -0.15) is 0 Å². The summed E-state index contributed by atoms with van der Waals surface area (Å²) in [5.41, 5.74) is 13.3. The maximum atomic E-state index is 4.34. The molecule has 2 aromatic carbocycles. The Balaban J connectivity index is 2.13. The van der Waals surface area contributed by atoms with E-state index in [1.54, 1.807) is 0 Å². The average Bonchev–Trinajstić information content (AvgIpc) is 2.82. The molecule has 3 rings (SSSR count). The Bertz CT molecular complexity index is 1060. The van der Waals surface area contributed by atoms with Gasteiger partial charge in [0, 0.05) is 18.8 Å². The zero-order valence-corrected chi connectivity index (χ0v) is 22.5. The number of nitrogens with zero attached hydrogens (tertiary/aromatic N) is 1. The zero-order valence-electron chi connectivity index (χ0n) is 22.5. The fourth-order valence-electron chi connectivity index (χ4n) is 5.14. The van der Waals surface area contributed by atoms with Crippen LogP contribution in [0.4, 0.5) is 5.69 Å². The standard InChI is InChI=1S/C32H44N2/c1-9-26-10-12-27(13-11-26)29-19-28(20-31(23(4)5)24(6)18-22(2)3)25(7)32(21-29)34(8)30-14-16-33-17-15-30/h10-13,18-19,21,30,33H,4,9,14-17,20H2,1-3,5-8H3/b31-24-. The first-order chi connectivity index (χ1) is 16.2. The van der Waals surface area contributed by atoms with Crippen LogP contribution in [0.3, 0.4) is 0 Å². The molecule has 34 heavy (non-hydrogen) atoms. The van der Waals surface area contributed by atoms with E-state index in [1.165, 1.54) is 63.1 Å². The summed E-state index contributed by atoms with van der Waals surface area (Å²) in [5, 5.41) is 3.51. The molecule has 1 saturated heterocycles. The second kappa shape index (κ2) is 11.7. The molecule has 2 aromatic rings. The van der Waals surface area contributed by atoms with Crippen LogP contribution in [0.15, 0.2) is 71.3 Å². The molecule has 0 amide bonds. The molecular weight excluding hydrogens is 412 g/mol. The van der Waals surface area contributed by atoms with Gasteiger partial charge in [0.2, 0.25) is 0 Å². The monoisotopic (exact) mass is 456 g/mol. The second-order valence-electron chi connectivity index (χ2n) is 10.3. The van der Waals surface area contributed by atoms with Crippen molar-refractivity contribution < 1.29 is 0 Å². The molecule has 2 heteroatoms. The Hall–Kier alpha value is -2.58. The Kier molecular flexibility index (Phi) is 8.97. The van der Waals surface area contributed by atoms with Gasteiger partial charge in [-0.1, -0.05) is 61.1 Å². The minimum atomic E-state index is 0.578. The highest BCUT2D eigenvalue weighted by atomic mass is 15.1. The molecule has 182 valence electrons. The van der Waals surface area contributed by atoms with E-state index in [-0.39, 0.29) is 0 Å². The third-order valence-electron chi connectivity index (χ3n) is 7.28. The van der Waals surface area contributed by atoms with Gasteiger partial charge in [0.15, 0.2) is 0 Å². The van der Waals surface area contributed by atoms with Crippen LogP contribution in [0.1, 0.15) is 64.2 Å². The van der Waals surface area contributed by atoms with Gasteiger partial charge in [0.1, 0.15) is 0 Å². The molecule has 2 nitrogen and oxygen atoms in total. The van der Waals surface area contributed by atoms with E-state index in [0.717, 1.165) is 31.5 Å². The number of piperidine rings is 1. The molecule has 0 aromatic heterocycles. The fourth-order valence-corrected chi connectivity index (χ4v) is 5.14. The number of allylic oxidation sites excluding steroid dienone is 5. The third-order valence-corrected chi connectivity index (χ3v) is 7.28. The van der Waals surface area contributed by atoms with Crippen molar-refractivity contribution in [2.45, 2.75) is 73.3 Å². The summed E-state index contributed by atoms with van der Waals surface area (Å²) < 4.78 is 0. The molecule has 1 aliphatic heterocycles. The van der Waals surface area contributed by atoms with Crippen molar-refractivity contribution in [1.29, 1.82) is 0 Å². The highest BCUT2D eigenvalue weighted by Crippen LogP contribution is 2.35. The largest absolute Gasteiger partial charge is 0.371 e. The van der Waals surface area contributed by atoms with Gasteiger partial charge in [0.25, 0.3) is 0 Å². The molecule has 0 atom stereocenters. The molecule has 0 saturated carbocycles. The maximum absolute atomic E-state index is 4.34. The summed E-state index contributed by atoms with van der Waals surface area (Å²) in [6.45, 7) is 19.7. The maximum Gasteiger partial charge on any atom is 0.0404 e. The van der Waals surface area contributed by atoms with Crippen molar-refractivity contribution >= 4 is 5.69 Å². The number of hydrogen-bond acceptors (Lipinski definition) is 2. The number of anilines is 1. The predicted molar refractivity (Wildman–Crippen MR) is 151 cm³/mol. The van der Waals surface area contributed by atoms with E-state index in [4.69, 9.17) is 0 Å². The normalized spacial score (nSPS) is 15.0. The van der Waals surface area contributed by atoms with Crippen LogP contribution in [0.2, 0.25) is 0 Å². The molecule has 0 aliphatic carbocycles. The lowest BCUT2D eigenvalue weighted by molar-refractivity contribution is 0.443. The van der Waals surface area contributed by atoms with E-state index in [1.807, 2.05) is 0 Å². The molecule has 0 unspecified atom stereocenters. The van der Waals surface area contributed by atoms with Gasteiger partial charge >= 0.3 is 0 Å². The topological polar surface area (TPSA) is 15.3 Å². The first-order valence-electron chi connectivity index (χ1n) is 12.9. The van der Waals surface area contributed by atoms with Crippen molar-refractivity contribution in [2.24, 2.45) is 0 Å². The van der Waals surface area contributed by atoms with Crippen molar-refractivity contribution in [1.82, 2.24) is 5.32 Å². The van der Waals surface area contributed by atoms with Crippen LogP contribution in [0.5, 0.6) is 0 Å². The Labute approximate surface area is 208 Å². The van der Waals surface area contributed by atoms with Gasteiger partial charge in [-0.15, -0.1) is 0 Å². The molecular formula is C32H44N2. The Morgan fingerprint density at radius 3 is 2.24 bits per heavy atom. The molecule has 0 bridgehead atoms. The third kappa shape index (κ3) is 6.30. The van der Waals surface area contributed by atoms with Crippen LogP contribution in [0, 0.1) is 6.92 Å². The minimum Gasteiger partial charge on any atom is -0.371 e. The summed E-state index contributed by atoms with van der Waals surface area (Å²) in [7, 11) is 2.29. The SMILES string of the molecule is C=C(C)/C(Cc1cc(-c2ccc(CC)cc2)cc(N(C)C2CCNCC2)c1C)=C(/C)C=C(C)C. The zero-order chi connectivity index (χ0) is 24.8. The second-order valence-corrected chi connectivity index (χ2v) is 10.3. The van der Waals surface area contributed by atoms with Crippen molar-refractivity contribution in [2.75, 3.05) is 25.0 Å². The smallest absolute Gasteiger partial charge is 0.0404 e. The van der Waals surface area contributed by atoms with Crippen LogP contribution in [0.25, 0.3) is 11.1 Å². The average molecular weight is 457 g/mol. The number of hydrogen-bond donors (Lipinski definition) is 1. The molecule has 0 spiro atoms. The van der Waals surface area contributed by atoms with Gasteiger partial charge < -0.3 is 10.2 Å². The molecule has 1 N–H and O–H groups in total. The predicted octanol–water partition coefficient (Wildman–Crippen LogP) is 7.81. The number of aryl methyl sites for hydroxylation is 1. The van der Waals surface area contributed by atoms with Gasteiger partial charge in [-0.3, -0.25) is 0 Å². The van der Waals surface area contributed by atoms with Crippen LogP contribution < -0.4 is 10.2 Å². The minimum absolute atomic E-state index is 0.578. The number of rotatable bonds is 8. The Morgan fingerprint density at radius 1 is 1.03 bits per heavy atom. The lowest BCUT2D eigenvalue weighted by atomic mass is 9.89. The summed E-state index contributed by atoms with van der Waals surface area (Å²) in [6, 6.07) is 14.5. The summed E-state index contributed by atoms with van der Waals surface area (Å²) >= 11 is 0.